The summed E-state index contributed by atoms with van der Waals surface area (Å²) in [7, 11) is 0. The third-order valence-electron chi connectivity index (χ3n) is 3.68. The second-order valence-electron chi connectivity index (χ2n) is 5.08. The highest BCUT2D eigenvalue weighted by Gasteiger charge is 2.33. The molecule has 2 atom stereocenters. The first kappa shape index (κ1) is 13.5. The van der Waals surface area contributed by atoms with E-state index in [1.165, 1.54) is 28.7 Å². The maximum Gasteiger partial charge on any atom is 0.0578 e. The van der Waals surface area contributed by atoms with Crippen LogP contribution in [0.25, 0.3) is 0 Å². The first-order valence-corrected chi connectivity index (χ1v) is 8.01. The molecule has 0 aromatic carbocycles. The van der Waals surface area contributed by atoms with E-state index in [2.05, 4.69) is 46.1 Å². The molecule has 4 heteroatoms. The highest BCUT2D eigenvalue weighted by atomic mass is 79.9. The normalized spacial score (nSPS) is 23.5. The van der Waals surface area contributed by atoms with Crippen molar-refractivity contribution < 1.29 is 0 Å². The minimum atomic E-state index is 0.388. The van der Waals surface area contributed by atoms with Crippen molar-refractivity contribution in [1.29, 1.82) is 0 Å². The van der Waals surface area contributed by atoms with Gasteiger partial charge in [-0.05, 0) is 52.7 Å². The van der Waals surface area contributed by atoms with E-state index in [0.717, 1.165) is 0 Å². The Kier molecular flexibility index (Phi) is 4.64. The Bertz CT molecular complexity index is 364. The van der Waals surface area contributed by atoms with E-state index >= 15 is 0 Å². The number of nitrogens with zero attached hydrogens (tertiary/aromatic N) is 1. The van der Waals surface area contributed by atoms with Gasteiger partial charge in [-0.25, -0.2) is 0 Å². The van der Waals surface area contributed by atoms with Gasteiger partial charge in [0.2, 0.25) is 0 Å². The summed E-state index contributed by atoms with van der Waals surface area (Å²) in [6.45, 7) is 6.54. The Balaban J connectivity index is 2.21. The Morgan fingerprint density at radius 2 is 2.35 bits per heavy atom. The van der Waals surface area contributed by atoms with Crippen molar-refractivity contribution in [3.8, 4) is 0 Å². The lowest BCUT2D eigenvalue weighted by Gasteiger charge is -2.34. The smallest absolute Gasteiger partial charge is 0.0578 e. The molecular weight excluding hydrogens is 296 g/mol. The number of likely N-dealkylation sites (tertiary alicyclic amines) is 1. The van der Waals surface area contributed by atoms with Crippen LogP contribution in [0.1, 0.15) is 37.6 Å². The van der Waals surface area contributed by atoms with Gasteiger partial charge >= 0.3 is 0 Å². The number of halogens is 1. The third kappa shape index (κ3) is 2.75. The Morgan fingerprint density at radius 1 is 1.59 bits per heavy atom. The zero-order chi connectivity index (χ0) is 12.4. The molecule has 1 fully saturated rings. The molecule has 0 bridgehead atoms. The monoisotopic (exact) mass is 316 g/mol. The van der Waals surface area contributed by atoms with Crippen LogP contribution < -0.4 is 5.73 Å². The summed E-state index contributed by atoms with van der Waals surface area (Å²) >= 11 is 5.45. The minimum Gasteiger partial charge on any atom is -0.329 e. The largest absolute Gasteiger partial charge is 0.329 e. The van der Waals surface area contributed by atoms with Crippen LogP contribution >= 0.6 is 27.3 Å². The fraction of sp³-hybridized carbons (Fsp3) is 0.692. The zero-order valence-corrected chi connectivity index (χ0v) is 12.9. The van der Waals surface area contributed by atoms with E-state index in [1.807, 2.05) is 11.3 Å². The fourth-order valence-electron chi connectivity index (χ4n) is 2.85. The second-order valence-corrected chi connectivity index (χ2v) is 6.88. The number of hydrogen-bond acceptors (Lipinski definition) is 3. The van der Waals surface area contributed by atoms with Crippen molar-refractivity contribution in [2.24, 2.45) is 11.7 Å². The SMILES string of the molecule is CC(C)C1CCCN1C(CN)c1sccc1Br. The summed E-state index contributed by atoms with van der Waals surface area (Å²) in [6, 6.07) is 3.21. The molecular formula is C13H21BrN2S. The third-order valence-corrected chi connectivity index (χ3v) is 5.65. The fourth-order valence-corrected chi connectivity index (χ4v) is 4.63. The maximum absolute atomic E-state index is 6.02. The molecule has 2 heterocycles. The van der Waals surface area contributed by atoms with Gasteiger partial charge in [0.05, 0.1) is 6.04 Å². The average Bonchev–Trinajstić information content (AvgIpc) is 2.90. The van der Waals surface area contributed by atoms with Gasteiger partial charge in [-0.1, -0.05) is 13.8 Å². The highest BCUT2D eigenvalue weighted by molar-refractivity contribution is 9.10. The Morgan fingerprint density at radius 3 is 2.88 bits per heavy atom. The quantitative estimate of drug-likeness (QED) is 0.919. The van der Waals surface area contributed by atoms with E-state index in [4.69, 9.17) is 5.73 Å². The van der Waals surface area contributed by atoms with Gasteiger partial charge in [-0.15, -0.1) is 11.3 Å². The Labute approximate surface area is 116 Å². The van der Waals surface area contributed by atoms with E-state index in [-0.39, 0.29) is 0 Å². The van der Waals surface area contributed by atoms with Gasteiger partial charge in [-0.2, -0.15) is 0 Å². The molecule has 96 valence electrons. The summed E-state index contributed by atoms with van der Waals surface area (Å²) in [5.41, 5.74) is 6.02. The molecule has 0 amide bonds. The molecule has 2 N–H and O–H groups in total. The topological polar surface area (TPSA) is 29.3 Å². The van der Waals surface area contributed by atoms with Gasteiger partial charge < -0.3 is 5.73 Å². The lowest BCUT2D eigenvalue weighted by molar-refractivity contribution is 0.151. The molecule has 1 aliphatic heterocycles. The lowest BCUT2D eigenvalue weighted by Crippen LogP contribution is -2.39. The zero-order valence-electron chi connectivity index (χ0n) is 10.5. The molecule has 17 heavy (non-hydrogen) atoms. The van der Waals surface area contributed by atoms with Gasteiger partial charge in [0, 0.05) is 21.9 Å². The first-order chi connectivity index (χ1) is 8.15. The van der Waals surface area contributed by atoms with Gasteiger partial charge in [-0.3, -0.25) is 4.90 Å². The van der Waals surface area contributed by atoms with Crippen molar-refractivity contribution in [2.45, 2.75) is 38.8 Å². The molecule has 1 aliphatic rings. The van der Waals surface area contributed by atoms with Crippen LogP contribution in [-0.2, 0) is 0 Å². The van der Waals surface area contributed by atoms with Gasteiger partial charge in [0.15, 0.2) is 0 Å². The number of hydrogen-bond donors (Lipinski definition) is 1. The molecule has 2 unspecified atom stereocenters. The molecule has 1 saturated heterocycles. The number of rotatable bonds is 4. The van der Waals surface area contributed by atoms with Crippen molar-refractivity contribution in [2.75, 3.05) is 13.1 Å². The van der Waals surface area contributed by atoms with Gasteiger partial charge in [0.25, 0.3) is 0 Å². The first-order valence-electron chi connectivity index (χ1n) is 6.33. The predicted octanol–water partition coefficient (Wildman–Crippen LogP) is 3.63. The predicted molar refractivity (Wildman–Crippen MR) is 78.4 cm³/mol. The van der Waals surface area contributed by atoms with Crippen LogP contribution in [0.5, 0.6) is 0 Å². The average molecular weight is 317 g/mol. The van der Waals surface area contributed by atoms with Crippen molar-refractivity contribution >= 4 is 27.3 Å². The summed E-state index contributed by atoms with van der Waals surface area (Å²) in [5.74, 6) is 0.713. The molecule has 0 saturated carbocycles. The van der Waals surface area contributed by atoms with Crippen LogP contribution in [0.15, 0.2) is 15.9 Å². The maximum atomic E-state index is 6.02. The lowest BCUT2D eigenvalue weighted by atomic mass is 10.0. The van der Waals surface area contributed by atoms with Crippen LogP contribution in [0.4, 0.5) is 0 Å². The van der Waals surface area contributed by atoms with Crippen LogP contribution in [0, 0.1) is 5.92 Å². The molecule has 2 rings (SSSR count). The second kappa shape index (κ2) is 5.83. The van der Waals surface area contributed by atoms with E-state index in [0.29, 0.717) is 24.5 Å². The van der Waals surface area contributed by atoms with E-state index in [1.54, 1.807) is 0 Å². The molecule has 1 aromatic heterocycles. The summed E-state index contributed by atoms with van der Waals surface area (Å²) in [4.78, 5) is 4.00. The standard InChI is InChI=1S/C13H21BrN2S/c1-9(2)11-4-3-6-16(11)12(8-15)13-10(14)5-7-17-13/h5,7,9,11-12H,3-4,6,8,15H2,1-2H3. The summed E-state index contributed by atoms with van der Waals surface area (Å²) in [6.07, 6.45) is 2.62. The van der Waals surface area contributed by atoms with Crippen molar-refractivity contribution in [3.63, 3.8) is 0 Å². The number of nitrogens with two attached hydrogens (primary N) is 1. The summed E-state index contributed by atoms with van der Waals surface area (Å²) in [5, 5.41) is 2.14. The Hall–Kier alpha value is 0.100. The van der Waals surface area contributed by atoms with Crippen LogP contribution in [0.2, 0.25) is 0 Å². The van der Waals surface area contributed by atoms with E-state index < -0.39 is 0 Å². The van der Waals surface area contributed by atoms with Crippen LogP contribution in [0.3, 0.4) is 0 Å². The van der Waals surface area contributed by atoms with Gasteiger partial charge in [0.1, 0.15) is 0 Å². The number of thiophene rings is 1. The molecule has 0 aliphatic carbocycles. The molecule has 0 spiro atoms. The molecule has 1 aromatic rings. The molecule has 2 nitrogen and oxygen atoms in total. The molecule has 0 radical (unpaired) electrons. The van der Waals surface area contributed by atoms with Crippen LogP contribution in [-0.4, -0.2) is 24.0 Å². The summed E-state index contributed by atoms with van der Waals surface area (Å²) < 4.78 is 1.22. The van der Waals surface area contributed by atoms with Crippen molar-refractivity contribution in [1.82, 2.24) is 4.90 Å². The minimum absolute atomic E-state index is 0.388. The van der Waals surface area contributed by atoms with Crippen molar-refractivity contribution in [3.05, 3.63) is 20.8 Å². The highest BCUT2D eigenvalue weighted by Crippen LogP contribution is 2.37. The van der Waals surface area contributed by atoms with E-state index in [9.17, 15) is 0 Å².